The number of H-pyrrole nitrogens is 1. The van der Waals surface area contributed by atoms with E-state index in [1.54, 1.807) is 42.5 Å². The first kappa shape index (κ1) is 21.1. The number of hydrogen-bond acceptors (Lipinski definition) is 7. The maximum Gasteiger partial charge on any atom is 0.332 e. The molecular formula is C20H18N6O5S. The van der Waals surface area contributed by atoms with Crippen molar-refractivity contribution in [1.29, 1.82) is 0 Å². The number of aromatic amines is 1. The average molecular weight is 454 g/mol. The van der Waals surface area contributed by atoms with Crippen LogP contribution in [0.5, 0.6) is 5.75 Å². The van der Waals surface area contributed by atoms with Crippen molar-refractivity contribution in [3.05, 3.63) is 64.7 Å². The fraction of sp³-hybridized carbons (Fsp3) is 0.100. The molecule has 4 aromatic rings. The monoisotopic (exact) mass is 454 g/mol. The number of amides is 1. The van der Waals surface area contributed by atoms with Crippen LogP contribution in [-0.2, 0) is 10.0 Å². The Bertz CT molecular complexity index is 1520. The molecule has 0 radical (unpaired) electrons. The van der Waals surface area contributed by atoms with Gasteiger partial charge < -0.3 is 15.5 Å². The predicted octanol–water partition coefficient (Wildman–Crippen LogP) is 1.25. The third-order valence-corrected chi connectivity index (χ3v) is 5.13. The molecule has 32 heavy (non-hydrogen) atoms. The van der Waals surface area contributed by atoms with Crippen LogP contribution in [0.1, 0.15) is 10.5 Å². The van der Waals surface area contributed by atoms with E-state index in [2.05, 4.69) is 19.7 Å². The Balaban J connectivity index is 2.00. The van der Waals surface area contributed by atoms with E-state index in [0.29, 0.717) is 17.0 Å². The number of ether oxygens (including phenoxy) is 1. The Kier molecular flexibility index (Phi) is 5.14. The maximum absolute atomic E-state index is 12.8. The van der Waals surface area contributed by atoms with Gasteiger partial charge in [0.1, 0.15) is 11.3 Å². The van der Waals surface area contributed by atoms with E-state index in [-0.39, 0.29) is 28.4 Å². The summed E-state index contributed by atoms with van der Waals surface area (Å²) in [5.74, 6) is -0.376. The number of aromatic nitrogens is 4. The standard InChI is InChI=1S/C20H18N6O5S/c1-31-14-9-4-3-8-13(14)26-19-16(23-20(26)28)15(17(21)27)22-18(24-19)11-6-5-7-12(10-11)25-32(2,29)30/h3-10,25H,1-2H3,(H2,21,27)(H,23,28). The van der Waals surface area contributed by atoms with Crippen molar-refractivity contribution in [3.63, 3.8) is 0 Å². The van der Waals surface area contributed by atoms with Crippen molar-refractivity contribution in [1.82, 2.24) is 19.5 Å². The summed E-state index contributed by atoms with van der Waals surface area (Å²) in [4.78, 5) is 36.2. The molecule has 0 saturated carbocycles. The minimum absolute atomic E-state index is 0.0718. The van der Waals surface area contributed by atoms with Gasteiger partial charge in [0.25, 0.3) is 5.91 Å². The summed E-state index contributed by atoms with van der Waals surface area (Å²) in [6.07, 6.45) is 1.03. The summed E-state index contributed by atoms with van der Waals surface area (Å²) < 4.78 is 32.1. The van der Waals surface area contributed by atoms with Crippen LogP contribution in [-0.4, -0.2) is 47.2 Å². The number of primary amides is 1. The minimum atomic E-state index is -3.51. The Morgan fingerprint density at radius 3 is 2.59 bits per heavy atom. The second kappa shape index (κ2) is 7.81. The van der Waals surface area contributed by atoms with Crippen LogP contribution in [0.25, 0.3) is 28.2 Å². The highest BCUT2D eigenvalue weighted by atomic mass is 32.2. The summed E-state index contributed by atoms with van der Waals surface area (Å²) in [5, 5.41) is 0. The van der Waals surface area contributed by atoms with Crippen molar-refractivity contribution in [3.8, 4) is 22.8 Å². The molecule has 0 aliphatic carbocycles. The van der Waals surface area contributed by atoms with Crippen LogP contribution >= 0.6 is 0 Å². The maximum atomic E-state index is 12.8. The molecule has 2 aromatic heterocycles. The molecule has 0 saturated heterocycles. The molecule has 2 heterocycles. The summed E-state index contributed by atoms with van der Waals surface area (Å²) in [6.45, 7) is 0. The van der Waals surface area contributed by atoms with Crippen molar-refractivity contribution in [2.75, 3.05) is 18.1 Å². The van der Waals surface area contributed by atoms with E-state index < -0.39 is 21.6 Å². The SMILES string of the molecule is COc1ccccc1-n1c(=O)[nH]c2c(C(N)=O)nc(-c3cccc(NS(C)(=O)=O)c3)nc21. The summed E-state index contributed by atoms with van der Waals surface area (Å²) in [7, 11) is -2.04. The molecule has 164 valence electrons. The smallest absolute Gasteiger partial charge is 0.332 e. The number of para-hydroxylation sites is 2. The lowest BCUT2D eigenvalue weighted by Gasteiger charge is -2.10. The van der Waals surface area contributed by atoms with E-state index in [1.165, 1.54) is 17.7 Å². The number of nitrogens with one attached hydrogen (secondary N) is 2. The molecule has 0 spiro atoms. The highest BCUT2D eigenvalue weighted by molar-refractivity contribution is 7.92. The minimum Gasteiger partial charge on any atom is -0.495 e. The van der Waals surface area contributed by atoms with Gasteiger partial charge in [-0.25, -0.2) is 27.7 Å². The van der Waals surface area contributed by atoms with Crippen LogP contribution in [0.3, 0.4) is 0 Å². The normalized spacial score (nSPS) is 11.4. The summed E-state index contributed by atoms with van der Waals surface area (Å²) >= 11 is 0. The van der Waals surface area contributed by atoms with Crippen molar-refractivity contribution in [2.24, 2.45) is 5.73 Å². The second-order valence-electron chi connectivity index (χ2n) is 6.85. The molecule has 0 atom stereocenters. The number of nitrogens with two attached hydrogens (primary N) is 1. The fourth-order valence-corrected chi connectivity index (χ4v) is 3.82. The number of benzene rings is 2. The third-order valence-electron chi connectivity index (χ3n) is 4.52. The highest BCUT2D eigenvalue weighted by Gasteiger charge is 2.21. The first-order valence-electron chi connectivity index (χ1n) is 9.22. The molecule has 0 bridgehead atoms. The number of methoxy groups -OCH3 is 1. The topological polar surface area (TPSA) is 162 Å². The number of carbonyl (C=O) groups excluding carboxylic acids is 1. The third kappa shape index (κ3) is 3.90. The first-order chi connectivity index (χ1) is 15.2. The Morgan fingerprint density at radius 1 is 1.16 bits per heavy atom. The van der Waals surface area contributed by atoms with Gasteiger partial charge in [-0.15, -0.1) is 0 Å². The van der Waals surface area contributed by atoms with Crippen molar-refractivity contribution >= 4 is 32.8 Å². The number of imidazole rings is 1. The Morgan fingerprint density at radius 2 is 1.91 bits per heavy atom. The quantitative estimate of drug-likeness (QED) is 0.395. The van der Waals surface area contributed by atoms with Gasteiger partial charge in [0.2, 0.25) is 10.0 Å². The zero-order valence-corrected chi connectivity index (χ0v) is 17.8. The van der Waals surface area contributed by atoms with Gasteiger partial charge in [-0.3, -0.25) is 9.52 Å². The number of sulfonamides is 1. The summed E-state index contributed by atoms with van der Waals surface area (Å²) in [5.41, 5.74) is 6.04. The molecule has 12 heteroatoms. The van der Waals surface area contributed by atoms with E-state index in [4.69, 9.17) is 10.5 Å². The van der Waals surface area contributed by atoms with Crippen LogP contribution in [0.4, 0.5) is 5.69 Å². The van der Waals surface area contributed by atoms with Gasteiger partial charge in [-0.1, -0.05) is 24.3 Å². The van der Waals surface area contributed by atoms with E-state index in [1.807, 2.05) is 0 Å². The zero-order valence-electron chi connectivity index (χ0n) is 17.0. The molecule has 0 aliphatic heterocycles. The number of rotatable bonds is 6. The molecule has 0 unspecified atom stereocenters. The van der Waals surface area contributed by atoms with Crippen molar-refractivity contribution in [2.45, 2.75) is 0 Å². The van der Waals surface area contributed by atoms with E-state index in [0.717, 1.165) is 6.26 Å². The Hall–Kier alpha value is -4.19. The predicted molar refractivity (Wildman–Crippen MR) is 118 cm³/mol. The van der Waals surface area contributed by atoms with Gasteiger partial charge in [0.05, 0.1) is 19.1 Å². The van der Waals surface area contributed by atoms with Gasteiger partial charge in [-0.05, 0) is 24.3 Å². The Labute approximate surface area is 181 Å². The van der Waals surface area contributed by atoms with Crippen molar-refractivity contribution < 1.29 is 17.9 Å². The van der Waals surface area contributed by atoms with Gasteiger partial charge in [0.15, 0.2) is 17.2 Å². The van der Waals surface area contributed by atoms with E-state index >= 15 is 0 Å². The van der Waals surface area contributed by atoms with Crippen LogP contribution in [0, 0.1) is 0 Å². The van der Waals surface area contributed by atoms with Crippen LogP contribution in [0.2, 0.25) is 0 Å². The second-order valence-corrected chi connectivity index (χ2v) is 8.60. The molecule has 0 fully saturated rings. The van der Waals surface area contributed by atoms with E-state index in [9.17, 15) is 18.0 Å². The van der Waals surface area contributed by atoms with Crippen LogP contribution in [0.15, 0.2) is 53.3 Å². The first-order valence-corrected chi connectivity index (χ1v) is 11.1. The van der Waals surface area contributed by atoms with Gasteiger partial charge in [-0.2, -0.15) is 0 Å². The molecule has 11 nitrogen and oxygen atoms in total. The lowest BCUT2D eigenvalue weighted by molar-refractivity contribution is 0.0997. The largest absolute Gasteiger partial charge is 0.495 e. The van der Waals surface area contributed by atoms with Crippen LogP contribution < -0.4 is 20.9 Å². The summed E-state index contributed by atoms with van der Waals surface area (Å²) in [6, 6.07) is 13.1. The highest BCUT2D eigenvalue weighted by Crippen LogP contribution is 2.27. The zero-order chi connectivity index (χ0) is 23.0. The lowest BCUT2D eigenvalue weighted by atomic mass is 10.2. The molecule has 1 amide bonds. The number of anilines is 1. The molecule has 4 N–H and O–H groups in total. The van der Waals surface area contributed by atoms with Gasteiger partial charge in [0, 0.05) is 11.3 Å². The molecule has 4 rings (SSSR count). The van der Waals surface area contributed by atoms with Gasteiger partial charge >= 0.3 is 5.69 Å². The molecule has 2 aromatic carbocycles. The molecule has 0 aliphatic rings. The number of hydrogen-bond donors (Lipinski definition) is 3. The number of carbonyl (C=O) groups is 1. The number of nitrogens with zero attached hydrogens (tertiary/aromatic N) is 3. The number of fused-ring (bicyclic) bond motifs is 1. The fourth-order valence-electron chi connectivity index (χ4n) is 3.27. The average Bonchev–Trinajstić information content (AvgIpc) is 3.07. The lowest BCUT2D eigenvalue weighted by Crippen LogP contribution is -2.16. The molecular weight excluding hydrogens is 436 g/mol.